The molecule has 3 heteroatoms. The fraction of sp³-hybridized carbons (Fsp3) is 0.706. The third-order valence-corrected chi connectivity index (χ3v) is 4.33. The maximum Gasteiger partial charge on any atom is 0.131 e. The maximum absolute atomic E-state index is 4.72. The van der Waals surface area contributed by atoms with E-state index in [2.05, 4.69) is 44.4 Å². The number of aromatic nitrogens is 1. The van der Waals surface area contributed by atoms with Crippen LogP contribution in [0, 0.1) is 19.8 Å². The van der Waals surface area contributed by atoms with Gasteiger partial charge in [0.05, 0.1) is 0 Å². The number of aryl methyl sites for hydroxylation is 2. The summed E-state index contributed by atoms with van der Waals surface area (Å²) >= 11 is 0. The molecule has 0 spiro atoms. The first-order chi connectivity index (χ1) is 9.63. The molecule has 0 radical (unpaired) electrons. The van der Waals surface area contributed by atoms with Gasteiger partial charge in [-0.15, -0.1) is 0 Å². The summed E-state index contributed by atoms with van der Waals surface area (Å²) in [4.78, 5) is 4.72. The quantitative estimate of drug-likeness (QED) is 0.757. The molecule has 112 valence electrons. The number of anilines is 1. The van der Waals surface area contributed by atoms with Gasteiger partial charge in [-0.2, -0.15) is 0 Å². The van der Waals surface area contributed by atoms with Crippen LogP contribution in [-0.2, 0) is 6.54 Å². The smallest absolute Gasteiger partial charge is 0.131 e. The largest absolute Gasteiger partial charge is 0.370 e. The zero-order valence-corrected chi connectivity index (χ0v) is 13.4. The molecule has 20 heavy (non-hydrogen) atoms. The van der Waals surface area contributed by atoms with Crippen molar-refractivity contribution < 1.29 is 0 Å². The lowest BCUT2D eigenvalue weighted by molar-refractivity contribution is 0.518. The van der Waals surface area contributed by atoms with Crippen molar-refractivity contribution in [1.29, 1.82) is 0 Å². The molecule has 1 fully saturated rings. The molecule has 0 unspecified atom stereocenters. The highest BCUT2D eigenvalue weighted by molar-refractivity contribution is 5.49. The SMILES string of the molecule is CCC(CC)CNc1nc(C)cc(C)c1CNC1CC1. The van der Waals surface area contributed by atoms with Crippen molar-refractivity contribution in [2.45, 2.75) is 66.0 Å². The van der Waals surface area contributed by atoms with Gasteiger partial charge in [-0.3, -0.25) is 0 Å². The van der Waals surface area contributed by atoms with E-state index in [0.29, 0.717) is 0 Å². The standard InChI is InChI=1S/C17H29N3/c1-5-14(6-2)10-19-17-16(11-18-15-7-8-15)12(3)9-13(4)20-17/h9,14-15,18H,5-8,10-11H2,1-4H3,(H,19,20). The Balaban J connectivity index is 2.06. The van der Waals surface area contributed by atoms with E-state index in [1.165, 1.54) is 36.8 Å². The Labute approximate surface area is 123 Å². The highest BCUT2D eigenvalue weighted by Crippen LogP contribution is 2.23. The fourth-order valence-electron chi connectivity index (χ4n) is 2.58. The van der Waals surface area contributed by atoms with Crippen LogP contribution < -0.4 is 10.6 Å². The molecule has 1 aromatic heterocycles. The number of rotatable bonds is 8. The predicted molar refractivity (Wildman–Crippen MR) is 86.1 cm³/mol. The van der Waals surface area contributed by atoms with Gasteiger partial charge in [-0.05, 0) is 44.2 Å². The molecule has 0 amide bonds. The molecule has 3 nitrogen and oxygen atoms in total. The van der Waals surface area contributed by atoms with Crippen molar-refractivity contribution in [2.75, 3.05) is 11.9 Å². The van der Waals surface area contributed by atoms with Gasteiger partial charge in [0.2, 0.25) is 0 Å². The number of nitrogens with zero attached hydrogens (tertiary/aromatic N) is 1. The van der Waals surface area contributed by atoms with Gasteiger partial charge in [-0.25, -0.2) is 4.98 Å². The van der Waals surface area contributed by atoms with Gasteiger partial charge in [-0.1, -0.05) is 26.7 Å². The number of hydrogen-bond donors (Lipinski definition) is 2. The summed E-state index contributed by atoms with van der Waals surface area (Å²) in [6.45, 7) is 10.8. The van der Waals surface area contributed by atoms with Crippen molar-refractivity contribution in [1.82, 2.24) is 10.3 Å². The zero-order valence-electron chi connectivity index (χ0n) is 13.4. The van der Waals surface area contributed by atoms with Crippen LogP contribution in [-0.4, -0.2) is 17.6 Å². The van der Waals surface area contributed by atoms with Gasteiger partial charge in [0, 0.05) is 30.4 Å². The van der Waals surface area contributed by atoms with Crippen LogP contribution in [0.25, 0.3) is 0 Å². The van der Waals surface area contributed by atoms with Gasteiger partial charge in [0.25, 0.3) is 0 Å². The van der Waals surface area contributed by atoms with Crippen molar-refractivity contribution in [3.63, 3.8) is 0 Å². The van der Waals surface area contributed by atoms with Crippen molar-refractivity contribution in [3.8, 4) is 0 Å². The van der Waals surface area contributed by atoms with E-state index in [-0.39, 0.29) is 0 Å². The molecular formula is C17H29N3. The maximum atomic E-state index is 4.72. The normalized spacial score (nSPS) is 14.8. The molecule has 2 N–H and O–H groups in total. The van der Waals surface area contributed by atoms with Crippen LogP contribution in [0.4, 0.5) is 5.82 Å². The first-order valence-corrected chi connectivity index (χ1v) is 8.08. The summed E-state index contributed by atoms with van der Waals surface area (Å²) in [5.41, 5.74) is 3.79. The first kappa shape index (κ1) is 15.3. The summed E-state index contributed by atoms with van der Waals surface area (Å²) in [6, 6.07) is 2.93. The lowest BCUT2D eigenvalue weighted by Gasteiger charge is -2.18. The van der Waals surface area contributed by atoms with E-state index in [4.69, 9.17) is 4.98 Å². The molecule has 1 aromatic rings. The Bertz CT molecular complexity index is 434. The fourth-order valence-corrected chi connectivity index (χ4v) is 2.58. The van der Waals surface area contributed by atoms with E-state index in [0.717, 1.165) is 36.6 Å². The van der Waals surface area contributed by atoms with E-state index in [1.54, 1.807) is 0 Å². The average Bonchev–Trinajstić information content (AvgIpc) is 3.22. The molecule has 0 bridgehead atoms. The first-order valence-electron chi connectivity index (χ1n) is 8.08. The summed E-state index contributed by atoms with van der Waals surface area (Å²) in [5, 5.41) is 7.20. The molecule has 0 saturated heterocycles. The third kappa shape index (κ3) is 4.20. The second-order valence-corrected chi connectivity index (χ2v) is 6.13. The van der Waals surface area contributed by atoms with E-state index in [1.807, 2.05) is 0 Å². The molecule has 0 aromatic carbocycles. The van der Waals surface area contributed by atoms with Crippen molar-refractivity contribution in [2.24, 2.45) is 5.92 Å². The molecule has 0 aliphatic heterocycles. The van der Waals surface area contributed by atoms with Crippen LogP contribution in [0.15, 0.2) is 6.07 Å². The van der Waals surface area contributed by atoms with Crippen molar-refractivity contribution >= 4 is 5.82 Å². The topological polar surface area (TPSA) is 37.0 Å². The molecule has 1 aliphatic rings. The lowest BCUT2D eigenvalue weighted by Crippen LogP contribution is -2.20. The van der Waals surface area contributed by atoms with Crippen LogP contribution in [0.2, 0.25) is 0 Å². The molecule has 1 aliphatic carbocycles. The third-order valence-electron chi connectivity index (χ3n) is 4.33. The van der Waals surface area contributed by atoms with Gasteiger partial charge in [0.15, 0.2) is 0 Å². The van der Waals surface area contributed by atoms with Crippen LogP contribution in [0.3, 0.4) is 0 Å². The molecule has 1 heterocycles. The molecule has 0 atom stereocenters. The van der Waals surface area contributed by atoms with Crippen molar-refractivity contribution in [3.05, 3.63) is 22.9 Å². The predicted octanol–water partition coefficient (Wildman–Crippen LogP) is 3.80. The van der Waals surface area contributed by atoms with Crippen LogP contribution >= 0.6 is 0 Å². The Morgan fingerprint density at radius 2 is 1.95 bits per heavy atom. The zero-order chi connectivity index (χ0) is 14.5. The second kappa shape index (κ2) is 7.07. The van der Waals surface area contributed by atoms with E-state index < -0.39 is 0 Å². The minimum atomic E-state index is 0.738. The number of nitrogens with one attached hydrogen (secondary N) is 2. The van der Waals surface area contributed by atoms with Crippen LogP contribution in [0.1, 0.15) is 56.4 Å². The van der Waals surface area contributed by atoms with Gasteiger partial charge in [0.1, 0.15) is 5.82 Å². The molecule has 1 saturated carbocycles. The van der Waals surface area contributed by atoms with E-state index in [9.17, 15) is 0 Å². The summed E-state index contributed by atoms with van der Waals surface area (Å²) in [5.74, 6) is 1.82. The monoisotopic (exact) mass is 275 g/mol. The Morgan fingerprint density at radius 3 is 2.55 bits per heavy atom. The Kier molecular flexibility index (Phi) is 5.41. The summed E-state index contributed by atoms with van der Waals surface area (Å²) < 4.78 is 0. The molecular weight excluding hydrogens is 246 g/mol. The summed E-state index contributed by atoms with van der Waals surface area (Å²) in [6.07, 6.45) is 5.11. The van der Waals surface area contributed by atoms with Crippen LogP contribution in [0.5, 0.6) is 0 Å². The average molecular weight is 275 g/mol. The van der Waals surface area contributed by atoms with Gasteiger partial charge >= 0.3 is 0 Å². The minimum Gasteiger partial charge on any atom is -0.370 e. The minimum absolute atomic E-state index is 0.738. The summed E-state index contributed by atoms with van der Waals surface area (Å²) in [7, 11) is 0. The van der Waals surface area contributed by atoms with E-state index >= 15 is 0 Å². The number of hydrogen-bond acceptors (Lipinski definition) is 3. The van der Waals surface area contributed by atoms with Gasteiger partial charge < -0.3 is 10.6 Å². The number of pyridine rings is 1. The highest BCUT2D eigenvalue weighted by Gasteiger charge is 2.21. The highest BCUT2D eigenvalue weighted by atomic mass is 15.0. The Morgan fingerprint density at radius 1 is 1.25 bits per heavy atom. The second-order valence-electron chi connectivity index (χ2n) is 6.13. The molecule has 2 rings (SSSR count). The lowest BCUT2D eigenvalue weighted by atomic mass is 10.0. The Hall–Kier alpha value is -1.09.